The zero-order valence-corrected chi connectivity index (χ0v) is 26.4. The number of likely N-dealkylation sites (N-methyl/N-ethyl adjacent to an activating group) is 1. The number of amides is 1. The van der Waals surface area contributed by atoms with Gasteiger partial charge in [-0.3, -0.25) is 14.5 Å². The first kappa shape index (κ1) is 31.0. The Morgan fingerprint density at radius 2 is 1.71 bits per heavy atom. The van der Waals surface area contributed by atoms with Crippen molar-refractivity contribution in [3.63, 3.8) is 0 Å². The highest BCUT2D eigenvalue weighted by molar-refractivity contribution is 8.19. The van der Waals surface area contributed by atoms with Gasteiger partial charge in [0.2, 0.25) is 0 Å². The lowest BCUT2D eigenvalue weighted by molar-refractivity contribution is -0.122. The standard InChI is InChI=1S/C26H28N4O3S2.C7H8/c1-6-27-20-12-11-17(15(3)31)14-21(20)28-26-30(7-2)24(33)23(35-26)25-29(5)22(16(4)34-25)18-9-8-10-19(32)13-18;1-7-5-3-2-4-6-7/h8-14,27,32H,6-7H2,1-5H3;2-6H,1H3/b25-23-,28-26?;. The summed E-state index contributed by atoms with van der Waals surface area (Å²) < 4.78 is 0. The van der Waals surface area contributed by atoms with Gasteiger partial charge in [0.05, 0.1) is 22.1 Å². The molecule has 0 aliphatic carbocycles. The third-order valence-corrected chi connectivity index (χ3v) is 9.01. The van der Waals surface area contributed by atoms with E-state index in [-0.39, 0.29) is 17.4 Å². The van der Waals surface area contributed by atoms with Gasteiger partial charge < -0.3 is 15.3 Å². The molecule has 0 aromatic heterocycles. The van der Waals surface area contributed by atoms with Crippen molar-refractivity contribution < 1.29 is 14.7 Å². The van der Waals surface area contributed by atoms with Crippen LogP contribution in [0.4, 0.5) is 11.4 Å². The molecule has 2 aliphatic rings. The highest BCUT2D eigenvalue weighted by Gasteiger charge is 2.39. The number of aliphatic imine (C=N–C) groups is 1. The number of amidine groups is 1. The number of nitrogens with one attached hydrogen (secondary N) is 1. The first-order chi connectivity index (χ1) is 20.1. The summed E-state index contributed by atoms with van der Waals surface area (Å²) in [5.41, 5.74) is 5.18. The van der Waals surface area contributed by atoms with Crippen molar-refractivity contribution in [2.75, 3.05) is 25.5 Å². The van der Waals surface area contributed by atoms with Gasteiger partial charge in [0.25, 0.3) is 5.91 Å². The van der Waals surface area contributed by atoms with Crippen molar-refractivity contribution in [2.45, 2.75) is 34.6 Å². The number of allylic oxidation sites excluding steroid dienone is 1. The number of rotatable bonds is 6. The molecular formula is C33H36N4O3S2. The minimum Gasteiger partial charge on any atom is -0.508 e. The van der Waals surface area contributed by atoms with Crippen LogP contribution < -0.4 is 5.32 Å². The van der Waals surface area contributed by atoms with Crippen molar-refractivity contribution in [2.24, 2.45) is 4.99 Å². The predicted molar refractivity (Wildman–Crippen MR) is 177 cm³/mol. The van der Waals surface area contributed by atoms with E-state index in [9.17, 15) is 14.7 Å². The van der Waals surface area contributed by atoms with Gasteiger partial charge in [-0.05, 0) is 76.7 Å². The SMILES string of the molecule is CCNc1ccc(C(C)=O)cc1N=C1S/C(=C2\SC(C)=C(c3cccc(O)c3)N2C)C(=O)N1CC.Cc1ccccc1. The van der Waals surface area contributed by atoms with Crippen molar-refractivity contribution in [1.29, 1.82) is 0 Å². The number of Topliss-reactive ketones (excluding diaryl/α,β-unsaturated/α-hetero) is 1. The molecule has 3 aromatic carbocycles. The van der Waals surface area contributed by atoms with E-state index in [1.54, 1.807) is 40.9 Å². The summed E-state index contributed by atoms with van der Waals surface area (Å²) in [7, 11) is 1.93. The Balaban J connectivity index is 0.000000507. The third kappa shape index (κ3) is 6.91. The fourth-order valence-corrected chi connectivity index (χ4v) is 6.94. The molecule has 42 heavy (non-hydrogen) atoms. The zero-order valence-electron chi connectivity index (χ0n) is 24.8. The number of hydrogen-bond donors (Lipinski definition) is 2. The molecule has 0 radical (unpaired) electrons. The molecule has 0 atom stereocenters. The average Bonchev–Trinajstić information content (AvgIpc) is 3.43. The summed E-state index contributed by atoms with van der Waals surface area (Å²) in [4.78, 5) is 35.6. The molecule has 0 bridgehead atoms. The van der Waals surface area contributed by atoms with Gasteiger partial charge >= 0.3 is 0 Å². The Bertz CT molecular complexity index is 1580. The number of ketones is 1. The van der Waals surface area contributed by atoms with Crippen LogP contribution in [0.1, 0.15) is 49.2 Å². The normalized spacial score (nSPS) is 17.6. The highest BCUT2D eigenvalue weighted by atomic mass is 32.2. The average molecular weight is 601 g/mol. The Morgan fingerprint density at radius 1 is 0.976 bits per heavy atom. The molecule has 0 spiro atoms. The molecule has 218 valence electrons. The summed E-state index contributed by atoms with van der Waals surface area (Å²) in [6, 6.07) is 22.8. The molecule has 2 N–H and O–H groups in total. The van der Waals surface area contributed by atoms with Gasteiger partial charge in [-0.1, -0.05) is 59.8 Å². The zero-order chi connectivity index (χ0) is 30.4. The van der Waals surface area contributed by atoms with Crippen LogP contribution in [-0.2, 0) is 4.79 Å². The minimum absolute atomic E-state index is 0.0372. The van der Waals surface area contributed by atoms with Gasteiger partial charge in [0.15, 0.2) is 11.0 Å². The van der Waals surface area contributed by atoms with Gasteiger partial charge in [0.1, 0.15) is 10.7 Å². The molecule has 0 saturated carbocycles. The second-order valence-electron chi connectivity index (χ2n) is 9.77. The molecular weight excluding hydrogens is 565 g/mol. The van der Waals surface area contributed by atoms with Crippen LogP contribution in [0.5, 0.6) is 5.75 Å². The van der Waals surface area contributed by atoms with Crippen LogP contribution in [-0.4, -0.2) is 51.9 Å². The predicted octanol–water partition coefficient (Wildman–Crippen LogP) is 7.84. The number of carbonyl (C=O) groups excluding carboxylic acids is 2. The quantitative estimate of drug-likeness (QED) is 0.220. The fraction of sp³-hybridized carbons (Fsp3) is 0.242. The smallest absolute Gasteiger partial charge is 0.269 e. The topological polar surface area (TPSA) is 85.2 Å². The molecule has 1 amide bonds. The molecule has 9 heteroatoms. The van der Waals surface area contributed by atoms with Crippen LogP contribution >= 0.6 is 23.5 Å². The van der Waals surface area contributed by atoms with Gasteiger partial charge in [-0.15, -0.1) is 0 Å². The first-order valence-electron chi connectivity index (χ1n) is 13.8. The monoisotopic (exact) mass is 600 g/mol. The Morgan fingerprint density at radius 3 is 2.31 bits per heavy atom. The molecule has 1 saturated heterocycles. The lowest BCUT2D eigenvalue weighted by atomic mass is 10.1. The van der Waals surface area contributed by atoms with Gasteiger partial charge in [-0.2, -0.15) is 0 Å². The lowest BCUT2D eigenvalue weighted by Crippen LogP contribution is -2.29. The molecule has 7 nitrogen and oxygen atoms in total. The number of benzene rings is 3. The van der Waals surface area contributed by atoms with Crippen LogP contribution in [0.3, 0.4) is 0 Å². The number of thioether (sulfide) groups is 2. The van der Waals surface area contributed by atoms with E-state index in [0.717, 1.165) is 26.9 Å². The Labute approximate surface area is 256 Å². The minimum atomic E-state index is -0.0942. The number of nitrogens with zero attached hydrogens (tertiary/aromatic N) is 3. The molecule has 1 fully saturated rings. The van der Waals surface area contributed by atoms with Crippen molar-refractivity contribution in [3.05, 3.63) is 104 Å². The number of hydrogen-bond acceptors (Lipinski definition) is 8. The number of carbonyl (C=O) groups is 2. The summed E-state index contributed by atoms with van der Waals surface area (Å²) in [5.74, 6) is 0.0672. The summed E-state index contributed by atoms with van der Waals surface area (Å²) >= 11 is 2.89. The van der Waals surface area contributed by atoms with E-state index in [4.69, 9.17) is 4.99 Å². The van der Waals surface area contributed by atoms with E-state index >= 15 is 0 Å². The number of aryl methyl sites for hydroxylation is 1. The van der Waals surface area contributed by atoms with E-state index < -0.39 is 0 Å². The van der Waals surface area contributed by atoms with Gasteiger partial charge in [0, 0.05) is 36.2 Å². The van der Waals surface area contributed by atoms with E-state index in [0.29, 0.717) is 34.4 Å². The van der Waals surface area contributed by atoms with Crippen LogP contribution in [0.15, 0.2) is 92.6 Å². The molecule has 3 aromatic rings. The Kier molecular flexibility index (Phi) is 10.2. The van der Waals surface area contributed by atoms with Gasteiger partial charge in [-0.25, -0.2) is 4.99 Å². The summed E-state index contributed by atoms with van der Waals surface area (Å²) in [6.45, 7) is 10.7. The summed E-state index contributed by atoms with van der Waals surface area (Å²) in [5, 5.41) is 14.7. The van der Waals surface area contributed by atoms with E-state index in [1.165, 1.54) is 24.2 Å². The number of phenolic OH excluding ortho intramolecular Hbond substituents is 1. The van der Waals surface area contributed by atoms with Crippen LogP contribution in [0.2, 0.25) is 0 Å². The molecule has 2 heterocycles. The number of aromatic hydroxyl groups is 1. The maximum Gasteiger partial charge on any atom is 0.269 e. The Hall–Kier alpha value is -3.95. The molecule has 5 rings (SSSR count). The fourth-order valence-electron chi connectivity index (χ4n) is 4.57. The second kappa shape index (κ2) is 13.8. The molecule has 0 unspecified atom stereocenters. The van der Waals surface area contributed by atoms with Crippen molar-refractivity contribution >= 4 is 57.5 Å². The third-order valence-electron chi connectivity index (χ3n) is 6.65. The van der Waals surface area contributed by atoms with Crippen molar-refractivity contribution in [3.8, 4) is 5.75 Å². The maximum atomic E-state index is 13.5. The largest absolute Gasteiger partial charge is 0.508 e. The highest BCUT2D eigenvalue weighted by Crippen LogP contribution is 2.50. The maximum absolute atomic E-state index is 13.5. The molecule has 2 aliphatic heterocycles. The first-order valence-corrected chi connectivity index (χ1v) is 15.4. The summed E-state index contributed by atoms with van der Waals surface area (Å²) in [6.07, 6.45) is 0. The van der Waals surface area contributed by atoms with E-state index in [2.05, 4.69) is 24.4 Å². The van der Waals surface area contributed by atoms with Crippen molar-refractivity contribution in [1.82, 2.24) is 9.80 Å². The van der Waals surface area contributed by atoms with Crippen LogP contribution in [0.25, 0.3) is 5.70 Å². The van der Waals surface area contributed by atoms with Crippen LogP contribution in [0, 0.1) is 6.92 Å². The number of phenols is 1. The lowest BCUT2D eigenvalue weighted by Gasteiger charge is -2.19. The number of anilines is 1. The van der Waals surface area contributed by atoms with E-state index in [1.807, 2.05) is 69.1 Å². The second-order valence-corrected chi connectivity index (χ2v) is 12.0.